The van der Waals surface area contributed by atoms with Gasteiger partial charge in [0.1, 0.15) is 6.54 Å². The van der Waals surface area contributed by atoms with Crippen molar-refractivity contribution in [2.45, 2.75) is 284 Å². The van der Waals surface area contributed by atoms with E-state index in [9.17, 15) is 0 Å². The van der Waals surface area contributed by atoms with E-state index in [4.69, 9.17) is 0 Å². The van der Waals surface area contributed by atoms with Crippen LogP contribution in [0.5, 0.6) is 0 Å². The van der Waals surface area contributed by atoms with Gasteiger partial charge in [-0.15, -0.1) is 0 Å². The minimum atomic E-state index is -0.0133. The van der Waals surface area contributed by atoms with Gasteiger partial charge >= 0.3 is 0 Å². The predicted molar refractivity (Wildman–Crippen MR) is 291 cm³/mol. The second-order valence-corrected chi connectivity index (χ2v) is 21.9. The van der Waals surface area contributed by atoms with Crippen LogP contribution in [-0.2, 0) is 10.8 Å². The van der Waals surface area contributed by atoms with Gasteiger partial charge in [0.05, 0.1) is 5.41 Å². The summed E-state index contributed by atoms with van der Waals surface area (Å²) in [6.07, 6.45) is 58.5. The van der Waals surface area contributed by atoms with E-state index in [1.165, 1.54) is 265 Å². The number of hydrogen-bond acceptors (Lipinski definition) is 1. The van der Waals surface area contributed by atoms with Gasteiger partial charge in [-0.1, -0.05) is 282 Å². The van der Waals surface area contributed by atoms with Crippen LogP contribution in [0.1, 0.15) is 284 Å². The number of allylic oxidation sites excluding steroid dienone is 4. The molecule has 0 radical (unpaired) electrons. The Morgan fingerprint density at radius 3 is 1.23 bits per heavy atom. The maximum atomic E-state index is 2.67. The van der Waals surface area contributed by atoms with Crippen LogP contribution in [0.15, 0.2) is 72.5 Å². The van der Waals surface area contributed by atoms with Crippen molar-refractivity contribution in [1.29, 1.82) is 0 Å². The fraction of sp³-hybridized carbons (Fsp3) is 0.730. The fourth-order valence-electron chi connectivity index (χ4n) is 11.3. The Morgan fingerprint density at radius 2 is 0.785 bits per heavy atom. The van der Waals surface area contributed by atoms with Crippen molar-refractivity contribution in [1.82, 2.24) is 0 Å². The Kier molecular flexibility index (Phi) is 27.9. The highest BCUT2D eigenvalue weighted by molar-refractivity contribution is 6.03. The Morgan fingerprint density at radius 1 is 0.415 bits per heavy atom. The number of rotatable bonds is 40. The van der Waals surface area contributed by atoms with Gasteiger partial charge in [0.15, 0.2) is 5.71 Å². The summed E-state index contributed by atoms with van der Waals surface area (Å²) in [4.78, 5) is 2.67. The molecule has 0 fully saturated rings. The summed E-state index contributed by atoms with van der Waals surface area (Å²) in [6.45, 7) is 16.6. The third-order valence-corrected chi connectivity index (χ3v) is 15.6. The molecule has 2 nitrogen and oxygen atoms in total. The molecule has 2 aliphatic rings. The maximum absolute atomic E-state index is 2.67. The zero-order chi connectivity index (χ0) is 46.3. The minimum absolute atomic E-state index is 0.0133. The molecule has 0 spiro atoms. The van der Waals surface area contributed by atoms with Gasteiger partial charge in [-0.25, -0.2) is 0 Å². The largest absolute Gasteiger partial charge is 0.344 e. The molecule has 0 unspecified atom stereocenters. The van der Waals surface area contributed by atoms with E-state index in [-0.39, 0.29) is 10.8 Å². The second-order valence-electron chi connectivity index (χ2n) is 21.9. The molecule has 4 rings (SSSR count). The van der Waals surface area contributed by atoms with Crippen LogP contribution < -0.4 is 4.90 Å². The molecule has 0 amide bonds. The molecule has 2 aliphatic heterocycles. The monoisotopic (exact) mass is 890 g/mol. The van der Waals surface area contributed by atoms with Gasteiger partial charge in [0.25, 0.3) is 0 Å². The highest BCUT2D eigenvalue weighted by Gasteiger charge is 2.44. The van der Waals surface area contributed by atoms with Crippen molar-refractivity contribution in [3.05, 3.63) is 83.6 Å². The van der Waals surface area contributed by atoms with Gasteiger partial charge in [-0.2, -0.15) is 4.58 Å². The van der Waals surface area contributed by atoms with Gasteiger partial charge in [-0.3, -0.25) is 0 Å². The van der Waals surface area contributed by atoms with Gasteiger partial charge in [-0.05, 0) is 44.4 Å². The zero-order valence-electron chi connectivity index (χ0n) is 44.1. The fourth-order valence-corrected chi connectivity index (χ4v) is 11.3. The average Bonchev–Trinajstić information content (AvgIpc) is 3.66. The Balaban J connectivity index is 1.18. The third kappa shape index (κ3) is 19.5. The van der Waals surface area contributed by atoms with E-state index < -0.39 is 0 Å². The van der Waals surface area contributed by atoms with Crippen molar-refractivity contribution in [3.8, 4) is 0 Å². The van der Waals surface area contributed by atoms with Crippen molar-refractivity contribution >= 4 is 17.1 Å². The van der Waals surface area contributed by atoms with Crippen LogP contribution in [-0.4, -0.2) is 23.4 Å². The number of unbranched alkanes of at least 4 members (excludes halogenated alkanes) is 34. The minimum Gasteiger partial charge on any atom is -0.344 e. The summed E-state index contributed by atoms with van der Waals surface area (Å²) in [6, 6.07) is 18.4. The van der Waals surface area contributed by atoms with Crippen LogP contribution in [0, 0.1) is 0 Å². The molecule has 2 heterocycles. The molecule has 2 heteroatoms. The third-order valence-electron chi connectivity index (χ3n) is 15.6. The lowest BCUT2D eigenvalue weighted by Crippen LogP contribution is -2.28. The number of hydrogen-bond donors (Lipinski definition) is 0. The van der Waals surface area contributed by atoms with Crippen LogP contribution in [0.2, 0.25) is 0 Å². The van der Waals surface area contributed by atoms with Gasteiger partial charge in [0, 0.05) is 47.5 Å². The Bertz CT molecular complexity index is 1620. The highest BCUT2D eigenvalue weighted by Crippen LogP contribution is 2.48. The molecule has 0 aromatic heterocycles. The van der Waals surface area contributed by atoms with Crippen molar-refractivity contribution in [3.63, 3.8) is 0 Å². The Hall–Kier alpha value is -2.61. The average molecular weight is 891 g/mol. The molecule has 0 atom stereocenters. The molecule has 0 bridgehead atoms. The van der Waals surface area contributed by atoms with Crippen LogP contribution >= 0.6 is 0 Å². The van der Waals surface area contributed by atoms with E-state index in [1.54, 1.807) is 0 Å². The highest BCUT2D eigenvalue weighted by atomic mass is 15.2. The SMILES string of the molecule is CCCCCCCCCCCCCCCCCCCCN1C(=C/C=C/C2=[N+](CCCCCCCCCCCCCCCCCCCC)c3ccccc3C2(C)C)C(C)(C)c2ccccc21. The number of nitrogens with zero attached hydrogens (tertiary/aromatic N) is 2. The molecule has 2 aromatic rings. The number of benzene rings is 2. The van der Waals surface area contributed by atoms with Crippen molar-refractivity contribution in [2.75, 3.05) is 18.0 Å². The van der Waals surface area contributed by atoms with E-state index in [2.05, 4.69) is 118 Å². The molecule has 0 aliphatic carbocycles. The standard InChI is InChI=1S/C63H105N2/c1-7-9-11-13-15-17-19-21-23-25-27-29-31-33-35-37-39-45-54-64-58-50-43-41-48-56(58)62(3,4)60(64)52-47-53-61-63(5,6)57-49-42-44-51-59(57)65(61)55-46-40-38-36-34-32-30-28-26-24-22-20-18-16-14-12-10-8-2/h41-44,47-53H,7-40,45-46,54-55H2,1-6H3/q+1. The predicted octanol–water partition coefficient (Wildman–Crippen LogP) is 20.4. The molecule has 366 valence electrons. The molecule has 0 saturated heterocycles. The summed E-state index contributed by atoms with van der Waals surface area (Å²) in [5.41, 5.74) is 8.65. The van der Waals surface area contributed by atoms with Crippen molar-refractivity contribution in [2.24, 2.45) is 0 Å². The second kappa shape index (κ2) is 33.0. The molecule has 2 aromatic carbocycles. The number of fused-ring (bicyclic) bond motifs is 2. The number of para-hydroxylation sites is 2. The van der Waals surface area contributed by atoms with E-state index >= 15 is 0 Å². The topological polar surface area (TPSA) is 6.25 Å². The molecular formula is C63H105N2+. The lowest BCUT2D eigenvalue weighted by molar-refractivity contribution is -0.438. The molecule has 65 heavy (non-hydrogen) atoms. The summed E-state index contributed by atoms with van der Waals surface area (Å²) in [5, 5.41) is 0. The zero-order valence-corrected chi connectivity index (χ0v) is 44.1. The van der Waals surface area contributed by atoms with E-state index in [0.29, 0.717) is 0 Å². The lowest BCUT2D eigenvalue weighted by atomic mass is 9.81. The van der Waals surface area contributed by atoms with E-state index in [0.717, 1.165) is 13.1 Å². The first-order valence-electron chi connectivity index (χ1n) is 28.8. The van der Waals surface area contributed by atoms with E-state index in [1.807, 2.05) is 0 Å². The summed E-state index contributed by atoms with van der Waals surface area (Å²) >= 11 is 0. The maximum Gasteiger partial charge on any atom is 0.209 e. The Labute approximate surface area is 405 Å². The first kappa shape index (κ1) is 55.0. The molecule has 0 N–H and O–H groups in total. The van der Waals surface area contributed by atoms with Gasteiger partial charge in [0.2, 0.25) is 5.69 Å². The first-order valence-corrected chi connectivity index (χ1v) is 28.8. The number of anilines is 1. The quantitative estimate of drug-likeness (QED) is 0.0477. The smallest absolute Gasteiger partial charge is 0.209 e. The first-order chi connectivity index (χ1) is 31.8. The van der Waals surface area contributed by atoms with Crippen molar-refractivity contribution < 1.29 is 4.58 Å². The summed E-state index contributed by atoms with van der Waals surface area (Å²) in [7, 11) is 0. The molecule has 0 saturated carbocycles. The van der Waals surface area contributed by atoms with Crippen LogP contribution in [0.25, 0.3) is 0 Å². The normalized spacial score (nSPS) is 15.8. The lowest BCUT2D eigenvalue weighted by Gasteiger charge is -2.27. The summed E-state index contributed by atoms with van der Waals surface area (Å²) < 4.78 is 2.67. The van der Waals surface area contributed by atoms with Gasteiger partial charge < -0.3 is 4.90 Å². The summed E-state index contributed by atoms with van der Waals surface area (Å²) in [5.74, 6) is 0. The van der Waals surface area contributed by atoms with Crippen LogP contribution in [0.3, 0.4) is 0 Å². The molecular weight excluding hydrogens is 785 g/mol. The van der Waals surface area contributed by atoms with Crippen LogP contribution in [0.4, 0.5) is 11.4 Å².